The molecule has 1 heterocycles. The van der Waals surface area contributed by atoms with Crippen LogP contribution in [0.3, 0.4) is 0 Å². The second-order valence-electron chi connectivity index (χ2n) is 5.50. The number of nitrogens with zero attached hydrogens (tertiary/aromatic N) is 2. The van der Waals surface area contributed by atoms with Gasteiger partial charge >= 0.3 is 6.18 Å². The lowest BCUT2D eigenvalue weighted by Gasteiger charge is -2.22. The molecular formula is C18H13F4N3O. The lowest BCUT2D eigenvalue weighted by atomic mass is 10.1. The van der Waals surface area contributed by atoms with Gasteiger partial charge in [0.05, 0.1) is 5.69 Å². The van der Waals surface area contributed by atoms with Crippen molar-refractivity contribution in [3.05, 3.63) is 83.9 Å². The van der Waals surface area contributed by atoms with Gasteiger partial charge in [-0.1, -0.05) is 18.2 Å². The average Bonchev–Trinajstić information content (AvgIpc) is 3.14. The van der Waals surface area contributed by atoms with Crippen LogP contribution in [0, 0.1) is 5.82 Å². The van der Waals surface area contributed by atoms with Crippen LogP contribution in [0.2, 0.25) is 0 Å². The van der Waals surface area contributed by atoms with Gasteiger partial charge in [0.15, 0.2) is 6.04 Å². The molecule has 1 amide bonds. The standard InChI is InChI=1S/C18H13F4N3O/c19-14-7-5-12(6-8-14)16(18(20,21)22)24-17(26)13-3-1-4-15(11-13)25-10-2-9-23-25/h1-11,16H,(H,24,26). The highest BCUT2D eigenvalue weighted by atomic mass is 19.4. The zero-order chi connectivity index (χ0) is 18.7. The number of hydrogen-bond donors (Lipinski definition) is 1. The van der Waals surface area contributed by atoms with Crippen molar-refractivity contribution < 1.29 is 22.4 Å². The SMILES string of the molecule is O=C(NC(c1ccc(F)cc1)C(F)(F)F)c1cccc(-n2cccn2)c1. The number of carbonyl (C=O) groups excluding carboxylic acids is 1. The first-order valence-corrected chi connectivity index (χ1v) is 7.58. The third kappa shape index (κ3) is 3.90. The second kappa shape index (κ2) is 6.99. The second-order valence-corrected chi connectivity index (χ2v) is 5.50. The van der Waals surface area contributed by atoms with Crippen molar-refractivity contribution in [1.82, 2.24) is 15.1 Å². The monoisotopic (exact) mass is 363 g/mol. The number of alkyl halides is 3. The molecule has 0 aliphatic carbocycles. The Kier molecular flexibility index (Phi) is 4.75. The van der Waals surface area contributed by atoms with Crippen LogP contribution in [0.4, 0.5) is 17.6 Å². The van der Waals surface area contributed by atoms with Gasteiger partial charge in [0, 0.05) is 18.0 Å². The van der Waals surface area contributed by atoms with E-state index in [1.54, 1.807) is 30.6 Å². The Balaban J connectivity index is 1.86. The summed E-state index contributed by atoms with van der Waals surface area (Å²) >= 11 is 0. The molecule has 1 aromatic heterocycles. The molecule has 0 bridgehead atoms. The summed E-state index contributed by atoms with van der Waals surface area (Å²) in [5, 5.41) is 5.98. The molecule has 134 valence electrons. The maximum absolute atomic E-state index is 13.4. The molecule has 2 aromatic carbocycles. The molecule has 3 aromatic rings. The predicted octanol–water partition coefficient (Wildman–Crippen LogP) is 4.04. The lowest BCUT2D eigenvalue weighted by Crippen LogP contribution is -2.38. The van der Waals surface area contributed by atoms with Gasteiger partial charge in [0.25, 0.3) is 5.91 Å². The Morgan fingerprint density at radius 1 is 1.08 bits per heavy atom. The Morgan fingerprint density at radius 2 is 1.81 bits per heavy atom. The first-order valence-electron chi connectivity index (χ1n) is 7.58. The molecule has 0 saturated carbocycles. The summed E-state index contributed by atoms with van der Waals surface area (Å²) < 4.78 is 54.5. The van der Waals surface area contributed by atoms with Gasteiger partial charge < -0.3 is 5.32 Å². The molecule has 8 heteroatoms. The zero-order valence-electron chi connectivity index (χ0n) is 13.2. The van der Waals surface area contributed by atoms with Crippen LogP contribution in [0.15, 0.2) is 67.0 Å². The highest BCUT2D eigenvalue weighted by molar-refractivity contribution is 5.95. The summed E-state index contributed by atoms with van der Waals surface area (Å²) in [5.41, 5.74) is 0.331. The van der Waals surface area contributed by atoms with Gasteiger partial charge in [-0.2, -0.15) is 18.3 Å². The van der Waals surface area contributed by atoms with E-state index in [-0.39, 0.29) is 11.1 Å². The molecule has 0 saturated heterocycles. The number of rotatable bonds is 4. The van der Waals surface area contributed by atoms with E-state index in [1.807, 2.05) is 5.32 Å². The van der Waals surface area contributed by atoms with E-state index in [9.17, 15) is 22.4 Å². The number of nitrogens with one attached hydrogen (secondary N) is 1. The van der Waals surface area contributed by atoms with Crippen molar-refractivity contribution in [3.8, 4) is 5.69 Å². The van der Waals surface area contributed by atoms with Crippen molar-refractivity contribution in [2.75, 3.05) is 0 Å². The van der Waals surface area contributed by atoms with Crippen molar-refractivity contribution in [2.45, 2.75) is 12.2 Å². The van der Waals surface area contributed by atoms with E-state index in [0.29, 0.717) is 5.69 Å². The van der Waals surface area contributed by atoms with Crippen LogP contribution < -0.4 is 5.32 Å². The quantitative estimate of drug-likeness (QED) is 0.711. The molecule has 26 heavy (non-hydrogen) atoms. The summed E-state index contributed by atoms with van der Waals surface area (Å²) in [6.07, 6.45) is -1.54. The molecule has 4 nitrogen and oxygen atoms in total. The number of halogens is 4. The van der Waals surface area contributed by atoms with E-state index in [0.717, 1.165) is 24.3 Å². The summed E-state index contributed by atoms with van der Waals surface area (Å²) in [6.45, 7) is 0. The van der Waals surface area contributed by atoms with Crippen LogP contribution in [0.5, 0.6) is 0 Å². The fourth-order valence-corrected chi connectivity index (χ4v) is 2.44. The number of carbonyl (C=O) groups is 1. The van der Waals surface area contributed by atoms with Gasteiger partial charge in [0.2, 0.25) is 0 Å². The van der Waals surface area contributed by atoms with Gasteiger partial charge in [-0.25, -0.2) is 9.07 Å². The Bertz CT molecular complexity index is 890. The Morgan fingerprint density at radius 3 is 2.42 bits per heavy atom. The Labute approximate surface area is 146 Å². The summed E-state index contributed by atoms with van der Waals surface area (Å²) in [4.78, 5) is 12.3. The van der Waals surface area contributed by atoms with Gasteiger partial charge in [-0.05, 0) is 42.0 Å². The molecule has 0 aliphatic heterocycles. The molecule has 0 radical (unpaired) electrons. The molecule has 0 aliphatic rings. The summed E-state index contributed by atoms with van der Waals surface area (Å²) in [6, 6.07) is 9.31. The van der Waals surface area contributed by atoms with Crippen molar-refractivity contribution in [2.24, 2.45) is 0 Å². The molecule has 1 N–H and O–H groups in total. The number of hydrogen-bond acceptors (Lipinski definition) is 2. The highest BCUT2D eigenvalue weighted by Gasteiger charge is 2.42. The van der Waals surface area contributed by atoms with E-state index >= 15 is 0 Å². The van der Waals surface area contributed by atoms with E-state index in [4.69, 9.17) is 0 Å². The first-order chi connectivity index (χ1) is 12.3. The summed E-state index contributed by atoms with van der Waals surface area (Å²) in [7, 11) is 0. The minimum Gasteiger partial charge on any atom is -0.337 e. The van der Waals surface area contributed by atoms with Crippen molar-refractivity contribution in [3.63, 3.8) is 0 Å². The lowest BCUT2D eigenvalue weighted by molar-refractivity contribution is -0.155. The number of aromatic nitrogens is 2. The fraction of sp³-hybridized carbons (Fsp3) is 0.111. The van der Waals surface area contributed by atoms with Crippen LogP contribution in [0.1, 0.15) is 22.0 Å². The molecule has 3 rings (SSSR count). The fourth-order valence-electron chi connectivity index (χ4n) is 2.44. The van der Waals surface area contributed by atoms with Gasteiger partial charge in [0.1, 0.15) is 5.82 Å². The smallest absolute Gasteiger partial charge is 0.337 e. The third-order valence-electron chi connectivity index (χ3n) is 3.68. The molecule has 1 atom stereocenters. The van der Waals surface area contributed by atoms with Crippen LogP contribution in [-0.2, 0) is 0 Å². The van der Waals surface area contributed by atoms with Crippen LogP contribution in [-0.4, -0.2) is 21.9 Å². The maximum atomic E-state index is 13.4. The first kappa shape index (κ1) is 17.7. The van der Waals surface area contributed by atoms with E-state index < -0.39 is 23.9 Å². The van der Waals surface area contributed by atoms with Crippen LogP contribution >= 0.6 is 0 Å². The Hall–Kier alpha value is -3.16. The number of amides is 1. The van der Waals surface area contributed by atoms with E-state index in [2.05, 4.69) is 5.10 Å². The van der Waals surface area contributed by atoms with Gasteiger partial charge in [-0.15, -0.1) is 0 Å². The average molecular weight is 363 g/mol. The molecule has 1 unspecified atom stereocenters. The zero-order valence-corrected chi connectivity index (χ0v) is 13.2. The predicted molar refractivity (Wildman–Crippen MR) is 86.2 cm³/mol. The molecular weight excluding hydrogens is 350 g/mol. The third-order valence-corrected chi connectivity index (χ3v) is 3.68. The van der Waals surface area contributed by atoms with Crippen molar-refractivity contribution >= 4 is 5.91 Å². The minimum absolute atomic E-state index is 0.0503. The normalized spacial score (nSPS) is 12.6. The topological polar surface area (TPSA) is 46.9 Å². The molecule has 0 spiro atoms. The maximum Gasteiger partial charge on any atom is 0.412 e. The number of benzene rings is 2. The molecule has 0 fully saturated rings. The van der Waals surface area contributed by atoms with Gasteiger partial charge in [-0.3, -0.25) is 4.79 Å². The highest BCUT2D eigenvalue weighted by Crippen LogP contribution is 2.33. The van der Waals surface area contributed by atoms with Crippen LogP contribution in [0.25, 0.3) is 5.69 Å². The summed E-state index contributed by atoms with van der Waals surface area (Å²) in [5.74, 6) is -1.56. The minimum atomic E-state index is -4.73. The van der Waals surface area contributed by atoms with E-state index in [1.165, 1.54) is 16.8 Å². The largest absolute Gasteiger partial charge is 0.412 e. The van der Waals surface area contributed by atoms with Crippen molar-refractivity contribution in [1.29, 1.82) is 0 Å².